The zero-order chi connectivity index (χ0) is 15.5. The first-order valence-corrected chi connectivity index (χ1v) is 6.79. The number of nitro benzene ring substituents is 1. The lowest BCUT2D eigenvalue weighted by Crippen LogP contribution is -1.95. The maximum atomic E-state index is 11.0. The van der Waals surface area contributed by atoms with Crippen LogP contribution in [-0.4, -0.2) is 4.92 Å². The lowest BCUT2D eigenvalue weighted by Gasteiger charge is -2.11. The van der Waals surface area contributed by atoms with Crippen molar-refractivity contribution < 1.29 is 9.34 Å². The van der Waals surface area contributed by atoms with Gasteiger partial charge in [0.05, 0.1) is 16.9 Å². The van der Waals surface area contributed by atoms with Gasteiger partial charge in [-0.1, -0.05) is 12.1 Å². The molecule has 2 aromatic carbocycles. The molecule has 0 fully saturated rings. The highest BCUT2D eigenvalue weighted by Crippen LogP contribution is 2.33. The highest BCUT2D eigenvalue weighted by Gasteiger charge is 2.14. The van der Waals surface area contributed by atoms with Gasteiger partial charge in [-0.15, -0.1) is 0 Å². The van der Waals surface area contributed by atoms with Gasteiger partial charge in [0, 0.05) is 23.4 Å². The van der Waals surface area contributed by atoms with Crippen molar-refractivity contribution in [2.24, 2.45) is 0 Å². The van der Waals surface area contributed by atoms with E-state index in [1.54, 1.807) is 24.5 Å². The van der Waals surface area contributed by atoms with Crippen LogP contribution < -0.4 is 5.32 Å². The van der Waals surface area contributed by atoms with Gasteiger partial charge in [0.1, 0.15) is 5.76 Å². The second-order valence-corrected chi connectivity index (χ2v) is 4.96. The predicted molar refractivity (Wildman–Crippen MR) is 85.3 cm³/mol. The zero-order valence-corrected chi connectivity index (χ0v) is 11.9. The van der Waals surface area contributed by atoms with Crippen LogP contribution in [0.3, 0.4) is 0 Å². The van der Waals surface area contributed by atoms with Crippen LogP contribution >= 0.6 is 0 Å². The van der Waals surface area contributed by atoms with Crippen molar-refractivity contribution in [1.29, 1.82) is 0 Å². The summed E-state index contributed by atoms with van der Waals surface area (Å²) in [6.45, 7) is 2.01. The van der Waals surface area contributed by atoms with E-state index in [0.29, 0.717) is 11.3 Å². The third-order valence-electron chi connectivity index (χ3n) is 3.30. The van der Waals surface area contributed by atoms with Crippen molar-refractivity contribution in [3.8, 4) is 11.3 Å². The number of non-ortho nitro benzene ring substituents is 1. The molecule has 3 rings (SSSR count). The number of anilines is 2. The van der Waals surface area contributed by atoms with E-state index in [4.69, 9.17) is 4.42 Å². The summed E-state index contributed by atoms with van der Waals surface area (Å²) in [5.41, 5.74) is 3.49. The second-order valence-electron chi connectivity index (χ2n) is 4.96. The van der Waals surface area contributed by atoms with E-state index in [9.17, 15) is 10.1 Å². The van der Waals surface area contributed by atoms with E-state index in [1.165, 1.54) is 12.1 Å². The number of nitrogens with one attached hydrogen (secondary N) is 1. The summed E-state index contributed by atoms with van der Waals surface area (Å²) in [6, 6.07) is 16.1. The van der Waals surface area contributed by atoms with Crippen molar-refractivity contribution in [3.63, 3.8) is 0 Å². The summed E-state index contributed by atoms with van der Waals surface area (Å²) in [7, 11) is 0. The Labute approximate surface area is 127 Å². The monoisotopic (exact) mass is 294 g/mol. The van der Waals surface area contributed by atoms with Crippen LogP contribution in [-0.2, 0) is 0 Å². The molecule has 0 saturated heterocycles. The molecule has 5 heteroatoms. The molecule has 110 valence electrons. The first-order valence-electron chi connectivity index (χ1n) is 6.79. The van der Waals surface area contributed by atoms with Crippen molar-refractivity contribution in [3.05, 3.63) is 76.5 Å². The van der Waals surface area contributed by atoms with Gasteiger partial charge in [-0.3, -0.25) is 10.1 Å². The van der Waals surface area contributed by atoms with Crippen LogP contribution in [0.4, 0.5) is 17.1 Å². The largest absolute Gasteiger partial charge is 0.464 e. The Kier molecular flexibility index (Phi) is 3.62. The summed E-state index contributed by atoms with van der Waals surface area (Å²) in [4.78, 5) is 10.6. The Bertz CT molecular complexity index is 811. The Hall–Kier alpha value is -3.08. The smallest absolute Gasteiger partial charge is 0.270 e. The number of furan rings is 1. The van der Waals surface area contributed by atoms with Gasteiger partial charge in [0.2, 0.25) is 0 Å². The lowest BCUT2D eigenvalue weighted by molar-refractivity contribution is -0.384. The van der Waals surface area contributed by atoms with Crippen LogP contribution in [0.2, 0.25) is 0 Å². The van der Waals surface area contributed by atoms with Gasteiger partial charge < -0.3 is 9.73 Å². The Balaban J connectivity index is 2.05. The summed E-state index contributed by atoms with van der Waals surface area (Å²) >= 11 is 0. The van der Waals surface area contributed by atoms with Gasteiger partial charge in [0.25, 0.3) is 5.69 Å². The first kappa shape index (κ1) is 13.9. The number of hydrogen-bond donors (Lipinski definition) is 1. The Morgan fingerprint density at radius 1 is 1.09 bits per heavy atom. The number of rotatable bonds is 4. The van der Waals surface area contributed by atoms with Crippen molar-refractivity contribution >= 4 is 17.1 Å². The molecule has 0 atom stereocenters. The van der Waals surface area contributed by atoms with Gasteiger partial charge in [-0.2, -0.15) is 0 Å². The average molecular weight is 294 g/mol. The molecule has 0 aliphatic rings. The molecule has 0 unspecified atom stereocenters. The standard InChI is InChI=1S/C17H14N2O3/c1-12-4-2-5-13(10-12)18-16-8-7-14(19(20)21)11-15(16)17-6-3-9-22-17/h2-11,18H,1H3. The van der Waals surface area contributed by atoms with Gasteiger partial charge in [-0.25, -0.2) is 0 Å². The molecule has 0 spiro atoms. The third kappa shape index (κ3) is 2.83. The molecule has 22 heavy (non-hydrogen) atoms. The highest BCUT2D eigenvalue weighted by atomic mass is 16.6. The van der Waals surface area contributed by atoms with Crippen molar-refractivity contribution in [2.45, 2.75) is 6.92 Å². The summed E-state index contributed by atoms with van der Waals surface area (Å²) in [5, 5.41) is 14.3. The van der Waals surface area contributed by atoms with Crippen LogP contribution in [0, 0.1) is 17.0 Å². The molecule has 0 amide bonds. The Morgan fingerprint density at radius 3 is 2.64 bits per heavy atom. The summed E-state index contributed by atoms with van der Waals surface area (Å²) in [6.07, 6.45) is 1.55. The minimum atomic E-state index is -0.414. The normalized spacial score (nSPS) is 10.4. The van der Waals surface area contributed by atoms with E-state index in [2.05, 4.69) is 5.32 Å². The minimum Gasteiger partial charge on any atom is -0.464 e. The third-order valence-corrected chi connectivity index (χ3v) is 3.30. The van der Waals surface area contributed by atoms with Crippen LogP contribution in [0.25, 0.3) is 11.3 Å². The highest BCUT2D eigenvalue weighted by molar-refractivity contribution is 5.80. The lowest BCUT2D eigenvalue weighted by atomic mass is 10.1. The molecular weight excluding hydrogens is 280 g/mol. The molecule has 3 aromatic rings. The Morgan fingerprint density at radius 2 is 1.95 bits per heavy atom. The fraction of sp³-hybridized carbons (Fsp3) is 0.0588. The van der Waals surface area contributed by atoms with Gasteiger partial charge in [-0.05, 0) is 42.8 Å². The van der Waals surface area contributed by atoms with E-state index in [-0.39, 0.29) is 5.69 Å². The maximum Gasteiger partial charge on any atom is 0.270 e. The maximum absolute atomic E-state index is 11.0. The summed E-state index contributed by atoms with van der Waals surface area (Å²) < 4.78 is 5.39. The minimum absolute atomic E-state index is 0.0289. The van der Waals surface area contributed by atoms with E-state index < -0.39 is 4.92 Å². The topological polar surface area (TPSA) is 68.3 Å². The number of nitrogens with zero attached hydrogens (tertiary/aromatic N) is 1. The summed E-state index contributed by atoms with van der Waals surface area (Å²) in [5.74, 6) is 0.582. The molecular formula is C17H14N2O3. The average Bonchev–Trinajstić information content (AvgIpc) is 3.01. The molecule has 1 N–H and O–H groups in total. The number of hydrogen-bond acceptors (Lipinski definition) is 4. The van der Waals surface area contributed by atoms with Gasteiger partial charge >= 0.3 is 0 Å². The molecule has 0 aliphatic heterocycles. The molecule has 1 aromatic heterocycles. The van der Waals surface area contributed by atoms with Crippen molar-refractivity contribution in [1.82, 2.24) is 0 Å². The zero-order valence-electron chi connectivity index (χ0n) is 11.9. The fourth-order valence-corrected chi connectivity index (χ4v) is 2.27. The van der Waals surface area contributed by atoms with Crippen LogP contribution in [0.1, 0.15) is 5.56 Å². The fourth-order valence-electron chi connectivity index (χ4n) is 2.27. The molecule has 0 bridgehead atoms. The molecule has 1 heterocycles. The number of benzene rings is 2. The molecule has 0 saturated carbocycles. The quantitative estimate of drug-likeness (QED) is 0.548. The first-order chi connectivity index (χ1) is 10.6. The molecule has 5 nitrogen and oxygen atoms in total. The molecule has 0 radical (unpaired) electrons. The number of aryl methyl sites for hydroxylation is 1. The van der Waals surface area contributed by atoms with Crippen LogP contribution in [0.15, 0.2) is 65.3 Å². The van der Waals surface area contributed by atoms with Crippen molar-refractivity contribution in [2.75, 3.05) is 5.32 Å². The SMILES string of the molecule is Cc1cccc(Nc2ccc([N+](=O)[O-])cc2-c2ccco2)c1. The van der Waals surface area contributed by atoms with Gasteiger partial charge in [0.15, 0.2) is 0 Å². The van der Waals surface area contributed by atoms with Crippen LogP contribution in [0.5, 0.6) is 0 Å². The van der Waals surface area contributed by atoms with E-state index in [1.807, 2.05) is 31.2 Å². The second kappa shape index (κ2) is 5.73. The van der Waals surface area contributed by atoms with E-state index in [0.717, 1.165) is 16.9 Å². The van der Waals surface area contributed by atoms with E-state index >= 15 is 0 Å². The molecule has 0 aliphatic carbocycles. The number of nitro groups is 1. The predicted octanol–water partition coefficient (Wildman–Crippen LogP) is 4.91.